The Hall–Kier alpha value is -2.53. The lowest BCUT2D eigenvalue weighted by Gasteiger charge is -2.24. The normalized spacial score (nSPS) is 23.3. The van der Waals surface area contributed by atoms with Gasteiger partial charge >= 0.3 is 0 Å². The number of likely N-dealkylation sites (tertiary alicyclic amines) is 1. The molecule has 2 heterocycles. The van der Waals surface area contributed by atoms with Gasteiger partial charge in [0.15, 0.2) is 0 Å². The van der Waals surface area contributed by atoms with Crippen molar-refractivity contribution in [2.75, 3.05) is 19.8 Å². The van der Waals surface area contributed by atoms with Crippen molar-refractivity contribution in [1.82, 2.24) is 4.90 Å². The van der Waals surface area contributed by atoms with Gasteiger partial charge in [0, 0.05) is 18.0 Å². The van der Waals surface area contributed by atoms with Gasteiger partial charge in [-0.2, -0.15) is 0 Å². The first-order chi connectivity index (χ1) is 12.7. The topological polar surface area (TPSA) is 59.0 Å². The van der Waals surface area contributed by atoms with Gasteiger partial charge in [-0.25, -0.2) is 0 Å². The Labute approximate surface area is 153 Å². The summed E-state index contributed by atoms with van der Waals surface area (Å²) < 4.78 is 11.8. The average Bonchev–Trinajstić information content (AvgIpc) is 3.20. The molecule has 1 N–H and O–H groups in total. The molecule has 2 aliphatic rings. The maximum atomic E-state index is 13.4. The summed E-state index contributed by atoms with van der Waals surface area (Å²) in [5, 5.41) is 9.83. The van der Waals surface area contributed by atoms with Gasteiger partial charge in [0.2, 0.25) is 0 Å². The fourth-order valence-corrected chi connectivity index (χ4v) is 4.07. The van der Waals surface area contributed by atoms with E-state index in [1.165, 1.54) is 0 Å². The van der Waals surface area contributed by atoms with E-state index >= 15 is 0 Å². The number of aliphatic hydroxyl groups excluding tert-OH is 1. The van der Waals surface area contributed by atoms with E-state index in [1.54, 1.807) is 6.07 Å². The molecule has 1 saturated heterocycles. The van der Waals surface area contributed by atoms with Crippen molar-refractivity contribution in [3.63, 3.8) is 0 Å². The molecule has 1 amide bonds. The molecule has 5 heteroatoms. The molecule has 0 aliphatic carbocycles. The first kappa shape index (κ1) is 16.9. The Balaban J connectivity index is 1.74. The van der Waals surface area contributed by atoms with E-state index in [2.05, 4.69) is 0 Å². The molecule has 2 aromatic carbocycles. The van der Waals surface area contributed by atoms with Crippen molar-refractivity contribution < 1.29 is 19.4 Å². The number of aliphatic hydroxyl groups is 1. The Kier molecular flexibility index (Phi) is 4.32. The first-order valence-electron chi connectivity index (χ1n) is 9.05. The van der Waals surface area contributed by atoms with Crippen LogP contribution in [0.3, 0.4) is 0 Å². The number of benzene rings is 2. The Bertz CT molecular complexity index is 835. The zero-order valence-corrected chi connectivity index (χ0v) is 15.0. The van der Waals surface area contributed by atoms with Crippen molar-refractivity contribution in [2.45, 2.75) is 26.0 Å². The van der Waals surface area contributed by atoms with E-state index in [0.717, 1.165) is 16.9 Å². The predicted octanol–water partition coefficient (Wildman–Crippen LogP) is 2.96. The van der Waals surface area contributed by atoms with E-state index in [1.807, 2.05) is 55.1 Å². The van der Waals surface area contributed by atoms with Gasteiger partial charge in [0.1, 0.15) is 17.6 Å². The molecule has 2 aromatic rings. The number of para-hydroxylation sites is 2. The first-order valence-corrected chi connectivity index (χ1v) is 9.05. The second-order valence-electron chi connectivity index (χ2n) is 6.85. The van der Waals surface area contributed by atoms with Crippen LogP contribution in [-0.2, 0) is 0 Å². The molecule has 1 fully saturated rings. The fraction of sp³-hybridized carbons (Fsp3) is 0.381. The molecule has 2 aliphatic heterocycles. The van der Waals surface area contributed by atoms with Crippen LogP contribution in [0, 0.1) is 12.8 Å². The standard InChI is InChI=1S/C21H23NO4/c1-3-25-17-10-5-4-8-15(17)21(24)22-11-14(12-23)20-18(22)16-9-6-7-13(2)19(16)26-20/h4-10,14,18,20,23H,3,11-12H2,1-2H3/t14-,18-,20-/m0/s1. The highest BCUT2D eigenvalue weighted by Gasteiger charge is 2.51. The van der Waals surface area contributed by atoms with Gasteiger partial charge < -0.3 is 19.5 Å². The maximum Gasteiger partial charge on any atom is 0.258 e. The van der Waals surface area contributed by atoms with Crippen LogP contribution in [0.15, 0.2) is 42.5 Å². The SMILES string of the molecule is CCOc1ccccc1C(=O)N1C[C@@H](CO)[C@@H]2Oc3c(C)cccc3[C@@H]21. The van der Waals surface area contributed by atoms with Crippen LogP contribution in [0.1, 0.15) is 34.5 Å². The summed E-state index contributed by atoms with van der Waals surface area (Å²) in [5.74, 6) is 1.25. The highest BCUT2D eigenvalue weighted by Crippen LogP contribution is 2.49. The second-order valence-corrected chi connectivity index (χ2v) is 6.85. The minimum atomic E-state index is -0.209. The zero-order valence-electron chi connectivity index (χ0n) is 15.0. The Morgan fingerprint density at radius 1 is 1.27 bits per heavy atom. The van der Waals surface area contributed by atoms with Crippen molar-refractivity contribution in [1.29, 1.82) is 0 Å². The van der Waals surface area contributed by atoms with Crippen LogP contribution in [0.25, 0.3) is 0 Å². The van der Waals surface area contributed by atoms with Gasteiger partial charge in [0.05, 0.1) is 24.8 Å². The van der Waals surface area contributed by atoms with Crippen LogP contribution >= 0.6 is 0 Å². The number of ether oxygens (including phenoxy) is 2. The number of aryl methyl sites for hydroxylation is 1. The second kappa shape index (κ2) is 6.65. The van der Waals surface area contributed by atoms with Crippen molar-refractivity contribution in [2.24, 2.45) is 5.92 Å². The molecular formula is C21H23NO4. The zero-order chi connectivity index (χ0) is 18.3. The minimum absolute atomic E-state index is 0.00884. The number of hydrogen-bond acceptors (Lipinski definition) is 4. The number of carbonyl (C=O) groups excluding carboxylic acids is 1. The summed E-state index contributed by atoms with van der Waals surface area (Å²) in [5.41, 5.74) is 2.62. The van der Waals surface area contributed by atoms with E-state index < -0.39 is 0 Å². The predicted molar refractivity (Wildman–Crippen MR) is 97.6 cm³/mol. The largest absolute Gasteiger partial charge is 0.493 e. The molecule has 4 rings (SSSR count). The monoisotopic (exact) mass is 353 g/mol. The van der Waals surface area contributed by atoms with Crippen molar-refractivity contribution >= 4 is 5.91 Å². The molecule has 5 nitrogen and oxygen atoms in total. The summed E-state index contributed by atoms with van der Waals surface area (Å²) in [4.78, 5) is 15.2. The number of carbonyl (C=O) groups is 1. The number of nitrogens with zero attached hydrogens (tertiary/aromatic N) is 1. The van der Waals surface area contributed by atoms with Crippen LogP contribution in [0.2, 0.25) is 0 Å². The highest BCUT2D eigenvalue weighted by molar-refractivity contribution is 5.97. The molecule has 0 aromatic heterocycles. The average molecular weight is 353 g/mol. The third-order valence-corrected chi connectivity index (χ3v) is 5.27. The Morgan fingerprint density at radius 3 is 2.85 bits per heavy atom. The van der Waals surface area contributed by atoms with E-state index in [4.69, 9.17) is 9.47 Å². The molecular weight excluding hydrogens is 330 g/mol. The summed E-state index contributed by atoms with van der Waals surface area (Å²) in [7, 11) is 0. The van der Waals surface area contributed by atoms with Crippen molar-refractivity contribution in [3.8, 4) is 11.5 Å². The molecule has 3 atom stereocenters. The summed E-state index contributed by atoms with van der Waals surface area (Å²) in [6, 6.07) is 13.1. The van der Waals surface area contributed by atoms with Gasteiger partial charge in [-0.15, -0.1) is 0 Å². The quantitative estimate of drug-likeness (QED) is 0.918. The molecule has 0 spiro atoms. The van der Waals surface area contributed by atoms with Crippen LogP contribution in [-0.4, -0.2) is 41.8 Å². The molecule has 0 unspecified atom stereocenters. The molecule has 0 radical (unpaired) electrons. The number of fused-ring (bicyclic) bond motifs is 3. The molecule has 0 saturated carbocycles. The third-order valence-electron chi connectivity index (χ3n) is 5.27. The fourth-order valence-electron chi connectivity index (χ4n) is 4.07. The lowest BCUT2D eigenvalue weighted by molar-refractivity contribution is 0.0701. The van der Waals surface area contributed by atoms with Crippen LogP contribution < -0.4 is 9.47 Å². The van der Waals surface area contributed by atoms with Crippen LogP contribution in [0.4, 0.5) is 0 Å². The molecule has 0 bridgehead atoms. The lowest BCUT2D eigenvalue weighted by Crippen LogP contribution is -2.32. The minimum Gasteiger partial charge on any atom is -0.493 e. The van der Waals surface area contributed by atoms with Gasteiger partial charge in [-0.3, -0.25) is 4.79 Å². The van der Waals surface area contributed by atoms with Crippen LogP contribution in [0.5, 0.6) is 11.5 Å². The lowest BCUT2D eigenvalue weighted by atomic mass is 9.98. The van der Waals surface area contributed by atoms with E-state index in [9.17, 15) is 9.90 Å². The maximum absolute atomic E-state index is 13.4. The third kappa shape index (κ3) is 2.54. The van der Waals surface area contributed by atoms with Crippen molar-refractivity contribution in [3.05, 3.63) is 59.2 Å². The Morgan fingerprint density at radius 2 is 2.08 bits per heavy atom. The smallest absolute Gasteiger partial charge is 0.258 e. The number of rotatable bonds is 4. The highest BCUT2D eigenvalue weighted by atomic mass is 16.5. The number of amides is 1. The van der Waals surface area contributed by atoms with E-state index in [0.29, 0.717) is 24.5 Å². The summed E-state index contributed by atoms with van der Waals surface area (Å²) >= 11 is 0. The van der Waals surface area contributed by atoms with E-state index in [-0.39, 0.29) is 30.6 Å². The summed E-state index contributed by atoms with van der Waals surface area (Å²) in [6.07, 6.45) is -0.209. The molecule has 26 heavy (non-hydrogen) atoms. The summed E-state index contributed by atoms with van der Waals surface area (Å²) in [6.45, 7) is 4.87. The molecule has 136 valence electrons. The van der Waals surface area contributed by atoms with Gasteiger partial charge in [-0.05, 0) is 31.5 Å². The van der Waals surface area contributed by atoms with Gasteiger partial charge in [0.25, 0.3) is 5.91 Å². The number of hydrogen-bond donors (Lipinski definition) is 1. The van der Waals surface area contributed by atoms with Gasteiger partial charge in [-0.1, -0.05) is 30.3 Å².